The molecule has 134 valence electrons. The number of Topliss-reactive ketones (excluding diaryl/α,β-unsaturated/α-hetero) is 1. The van der Waals surface area contributed by atoms with E-state index in [2.05, 4.69) is 81.4 Å². The number of ketones is 1. The molecule has 0 saturated carbocycles. The maximum absolute atomic E-state index is 11.6. The van der Waals surface area contributed by atoms with Crippen molar-refractivity contribution in [3.63, 3.8) is 0 Å². The minimum absolute atomic E-state index is 0.00945. The highest BCUT2D eigenvalue weighted by Gasteiger charge is 2.49. The first-order valence-electron chi connectivity index (χ1n) is 9.18. The predicted octanol–water partition coefficient (Wildman–Crippen LogP) is 4.32. The molecule has 0 aliphatic rings. The molecule has 0 atom stereocenters. The van der Waals surface area contributed by atoms with Crippen LogP contribution in [0.1, 0.15) is 47.0 Å². The van der Waals surface area contributed by atoms with E-state index in [1.54, 1.807) is 0 Å². The maximum Gasteiger partial charge on any atom is 0.261 e. The van der Waals surface area contributed by atoms with Crippen LogP contribution in [0.15, 0.2) is 60.7 Å². The van der Waals surface area contributed by atoms with Gasteiger partial charge in [-0.15, -0.1) is 0 Å². The van der Waals surface area contributed by atoms with Gasteiger partial charge in [0.05, 0.1) is 0 Å². The third-order valence-electron chi connectivity index (χ3n) is 4.73. The van der Waals surface area contributed by atoms with Gasteiger partial charge in [0.2, 0.25) is 0 Å². The normalized spacial score (nSPS) is 12.2. The summed E-state index contributed by atoms with van der Waals surface area (Å²) in [5.74, 6) is 0.311. The third kappa shape index (κ3) is 4.47. The lowest BCUT2D eigenvalue weighted by atomic mass is 10.2. The van der Waals surface area contributed by atoms with Gasteiger partial charge in [-0.05, 0) is 21.8 Å². The molecule has 2 aromatic carbocycles. The Bertz CT molecular complexity index is 620. The SMILES string of the molecule is CCC(=O)CCCO[Si](c1ccccc1)(c1ccccc1)C(C)(C)C. The molecule has 0 saturated heterocycles. The van der Waals surface area contributed by atoms with E-state index in [1.807, 2.05) is 6.92 Å². The van der Waals surface area contributed by atoms with Gasteiger partial charge in [-0.25, -0.2) is 0 Å². The topological polar surface area (TPSA) is 26.3 Å². The Morgan fingerprint density at radius 2 is 1.40 bits per heavy atom. The zero-order valence-corrected chi connectivity index (χ0v) is 16.9. The van der Waals surface area contributed by atoms with E-state index in [0.717, 1.165) is 6.42 Å². The summed E-state index contributed by atoms with van der Waals surface area (Å²) in [7, 11) is -2.44. The van der Waals surface area contributed by atoms with Crippen molar-refractivity contribution in [3.8, 4) is 0 Å². The Hall–Kier alpha value is -1.71. The van der Waals surface area contributed by atoms with Crippen molar-refractivity contribution >= 4 is 24.5 Å². The van der Waals surface area contributed by atoms with Crippen LogP contribution >= 0.6 is 0 Å². The molecule has 0 unspecified atom stereocenters. The summed E-state index contributed by atoms with van der Waals surface area (Å²) >= 11 is 0. The van der Waals surface area contributed by atoms with Crippen molar-refractivity contribution in [2.45, 2.75) is 52.0 Å². The Balaban J connectivity index is 2.40. The molecule has 0 heterocycles. The van der Waals surface area contributed by atoms with Crippen LogP contribution in [-0.2, 0) is 9.22 Å². The van der Waals surface area contributed by atoms with Crippen molar-refractivity contribution in [2.75, 3.05) is 6.61 Å². The largest absolute Gasteiger partial charge is 0.407 e. The summed E-state index contributed by atoms with van der Waals surface area (Å²) < 4.78 is 6.75. The zero-order valence-electron chi connectivity index (χ0n) is 15.9. The molecule has 0 bridgehead atoms. The van der Waals surface area contributed by atoms with E-state index in [4.69, 9.17) is 4.43 Å². The van der Waals surface area contributed by atoms with Crippen molar-refractivity contribution < 1.29 is 9.22 Å². The average molecular weight is 355 g/mol. The number of benzene rings is 2. The van der Waals surface area contributed by atoms with Gasteiger partial charge in [0.1, 0.15) is 5.78 Å². The number of rotatable bonds is 8. The Kier molecular flexibility index (Phi) is 6.74. The highest BCUT2D eigenvalue weighted by atomic mass is 28.4. The number of hydrogen-bond donors (Lipinski definition) is 0. The van der Waals surface area contributed by atoms with Gasteiger partial charge in [-0.2, -0.15) is 0 Å². The van der Waals surface area contributed by atoms with Crippen LogP contribution in [0.5, 0.6) is 0 Å². The van der Waals surface area contributed by atoms with Crippen molar-refractivity contribution in [2.24, 2.45) is 0 Å². The molecule has 0 amide bonds. The first-order chi connectivity index (χ1) is 11.9. The van der Waals surface area contributed by atoms with Gasteiger partial charge < -0.3 is 4.43 Å². The van der Waals surface area contributed by atoms with Gasteiger partial charge in [-0.3, -0.25) is 4.79 Å². The van der Waals surface area contributed by atoms with Gasteiger partial charge in [0.25, 0.3) is 8.32 Å². The third-order valence-corrected chi connectivity index (χ3v) is 9.77. The lowest BCUT2D eigenvalue weighted by molar-refractivity contribution is -0.118. The van der Waals surface area contributed by atoms with Crippen LogP contribution in [0.2, 0.25) is 5.04 Å². The predicted molar refractivity (Wildman–Crippen MR) is 108 cm³/mol. The minimum Gasteiger partial charge on any atom is -0.407 e. The van der Waals surface area contributed by atoms with E-state index < -0.39 is 8.32 Å². The molecule has 0 N–H and O–H groups in total. The number of hydrogen-bond acceptors (Lipinski definition) is 2. The van der Waals surface area contributed by atoms with E-state index in [0.29, 0.717) is 25.2 Å². The number of carbonyl (C=O) groups excluding carboxylic acids is 1. The van der Waals surface area contributed by atoms with E-state index in [-0.39, 0.29) is 5.04 Å². The highest BCUT2D eigenvalue weighted by Crippen LogP contribution is 2.36. The van der Waals surface area contributed by atoms with E-state index in [9.17, 15) is 4.79 Å². The van der Waals surface area contributed by atoms with Crippen LogP contribution < -0.4 is 10.4 Å². The lowest BCUT2D eigenvalue weighted by Gasteiger charge is -2.43. The second-order valence-corrected chi connectivity index (χ2v) is 11.8. The fourth-order valence-corrected chi connectivity index (χ4v) is 8.04. The quantitative estimate of drug-likeness (QED) is 0.521. The van der Waals surface area contributed by atoms with Crippen LogP contribution in [0, 0.1) is 0 Å². The maximum atomic E-state index is 11.6. The summed E-state index contributed by atoms with van der Waals surface area (Å²) in [5, 5.41) is 2.57. The molecule has 25 heavy (non-hydrogen) atoms. The van der Waals surface area contributed by atoms with Crippen LogP contribution in [0.25, 0.3) is 0 Å². The van der Waals surface area contributed by atoms with E-state index >= 15 is 0 Å². The minimum atomic E-state index is -2.44. The molecule has 2 rings (SSSR count). The second kappa shape index (κ2) is 8.59. The van der Waals surface area contributed by atoms with Gasteiger partial charge >= 0.3 is 0 Å². The summed E-state index contributed by atoms with van der Waals surface area (Å²) in [6.07, 6.45) is 2.01. The molecule has 0 spiro atoms. The van der Waals surface area contributed by atoms with Gasteiger partial charge in [0.15, 0.2) is 0 Å². The fraction of sp³-hybridized carbons (Fsp3) is 0.409. The molecule has 0 fully saturated rings. The van der Waals surface area contributed by atoms with Crippen LogP contribution in [0.4, 0.5) is 0 Å². The molecule has 0 aromatic heterocycles. The molecule has 2 aromatic rings. The lowest BCUT2D eigenvalue weighted by Crippen LogP contribution is -2.66. The summed E-state index contributed by atoms with van der Waals surface area (Å²) in [6.45, 7) is 9.37. The highest BCUT2D eigenvalue weighted by molar-refractivity contribution is 6.99. The first kappa shape index (κ1) is 19.6. The smallest absolute Gasteiger partial charge is 0.261 e. The molecule has 3 heteroatoms. The fourth-order valence-electron chi connectivity index (χ4n) is 3.43. The Morgan fingerprint density at radius 3 is 1.80 bits per heavy atom. The van der Waals surface area contributed by atoms with Gasteiger partial charge in [-0.1, -0.05) is 88.4 Å². The molecule has 0 radical (unpaired) electrons. The number of carbonyl (C=O) groups is 1. The van der Waals surface area contributed by atoms with Crippen molar-refractivity contribution in [1.82, 2.24) is 0 Å². The van der Waals surface area contributed by atoms with Crippen LogP contribution in [0.3, 0.4) is 0 Å². The molecule has 0 aliphatic heterocycles. The Labute approximate surface area is 153 Å². The molecular formula is C22H30O2Si. The molecule has 0 aliphatic carbocycles. The summed E-state index contributed by atoms with van der Waals surface area (Å²) in [5.41, 5.74) is 0. The first-order valence-corrected chi connectivity index (χ1v) is 11.1. The van der Waals surface area contributed by atoms with Crippen molar-refractivity contribution in [1.29, 1.82) is 0 Å². The van der Waals surface area contributed by atoms with Crippen molar-refractivity contribution in [3.05, 3.63) is 60.7 Å². The average Bonchev–Trinajstić information content (AvgIpc) is 2.62. The van der Waals surface area contributed by atoms with Crippen LogP contribution in [-0.4, -0.2) is 20.7 Å². The monoisotopic (exact) mass is 354 g/mol. The molecular weight excluding hydrogens is 324 g/mol. The second-order valence-electron chi connectivity index (χ2n) is 7.51. The summed E-state index contributed by atoms with van der Waals surface area (Å²) in [4.78, 5) is 11.6. The zero-order chi connectivity index (χ0) is 18.3. The Morgan fingerprint density at radius 1 is 0.920 bits per heavy atom. The van der Waals surface area contributed by atoms with Gasteiger partial charge in [0, 0.05) is 19.4 Å². The molecule has 2 nitrogen and oxygen atoms in total. The standard InChI is InChI=1S/C22H30O2Si/c1-5-19(23)13-12-18-24-25(22(2,3)4,20-14-8-6-9-15-20)21-16-10-7-11-17-21/h6-11,14-17H,5,12-13,18H2,1-4H3. The van der Waals surface area contributed by atoms with E-state index in [1.165, 1.54) is 10.4 Å². The summed E-state index contributed by atoms with van der Waals surface area (Å²) in [6, 6.07) is 21.3.